The van der Waals surface area contributed by atoms with Crippen molar-refractivity contribution in [2.45, 2.75) is 55.9 Å². The van der Waals surface area contributed by atoms with E-state index in [4.69, 9.17) is 9.88 Å². The highest BCUT2D eigenvalue weighted by atomic mass is 32.2. The molecule has 3 N–H and O–H groups in total. The molecule has 1 aliphatic heterocycles. The second-order valence-electron chi connectivity index (χ2n) is 10.5. The van der Waals surface area contributed by atoms with Gasteiger partial charge in [-0.2, -0.15) is 0 Å². The molecule has 2 aliphatic carbocycles. The average molecular weight is 538 g/mol. The monoisotopic (exact) mass is 537 g/mol. The van der Waals surface area contributed by atoms with Crippen LogP contribution in [0, 0.1) is 11.8 Å². The topological polar surface area (TPSA) is 123 Å². The summed E-state index contributed by atoms with van der Waals surface area (Å²) in [6.07, 6.45) is 9.40. The van der Waals surface area contributed by atoms with E-state index in [9.17, 15) is 18.0 Å². The molecule has 38 heavy (non-hydrogen) atoms. The van der Waals surface area contributed by atoms with Crippen molar-refractivity contribution in [3.05, 3.63) is 54.1 Å². The molecule has 202 valence electrons. The number of ether oxygens (including phenoxy) is 1. The Morgan fingerprint density at radius 1 is 1.03 bits per heavy atom. The number of aromatic nitrogens is 1. The van der Waals surface area contributed by atoms with Crippen molar-refractivity contribution >= 4 is 33.1 Å². The smallest absolute Gasteiger partial charge is 0.238 e. The summed E-state index contributed by atoms with van der Waals surface area (Å²) in [4.78, 5) is 29.2. The van der Waals surface area contributed by atoms with E-state index < -0.39 is 10.0 Å². The number of amides is 1. The van der Waals surface area contributed by atoms with Gasteiger partial charge in [0.2, 0.25) is 15.9 Å². The number of aromatic amines is 1. The van der Waals surface area contributed by atoms with Gasteiger partial charge in [0.1, 0.15) is 0 Å². The van der Waals surface area contributed by atoms with Crippen molar-refractivity contribution in [2.75, 3.05) is 19.8 Å². The number of hydrogen-bond donors (Lipinski definition) is 2. The second kappa shape index (κ2) is 11.4. The van der Waals surface area contributed by atoms with Gasteiger partial charge in [-0.3, -0.25) is 9.59 Å². The molecule has 1 amide bonds. The molecule has 3 fully saturated rings. The van der Waals surface area contributed by atoms with Gasteiger partial charge in [0.05, 0.1) is 29.8 Å². The fourth-order valence-electron chi connectivity index (χ4n) is 5.68. The first-order valence-corrected chi connectivity index (χ1v) is 15.0. The highest BCUT2D eigenvalue weighted by Crippen LogP contribution is 2.38. The summed E-state index contributed by atoms with van der Waals surface area (Å²) in [7, 11) is -3.78. The van der Waals surface area contributed by atoms with Gasteiger partial charge >= 0.3 is 0 Å². The van der Waals surface area contributed by atoms with E-state index in [0.717, 1.165) is 50.4 Å². The first kappa shape index (κ1) is 26.6. The second-order valence-corrected chi connectivity index (χ2v) is 12.1. The summed E-state index contributed by atoms with van der Waals surface area (Å²) < 4.78 is 28.4. The normalized spacial score (nSPS) is 20.6. The Labute approximate surface area is 223 Å². The molecule has 1 aromatic heterocycles. The molecule has 1 saturated heterocycles. The van der Waals surface area contributed by atoms with Crippen LogP contribution in [0.4, 0.5) is 0 Å². The zero-order valence-corrected chi connectivity index (χ0v) is 22.3. The van der Waals surface area contributed by atoms with Crippen LogP contribution in [0.3, 0.4) is 0 Å². The van der Waals surface area contributed by atoms with E-state index in [-0.39, 0.29) is 4.90 Å². The SMILES string of the molecule is NS(=O)(=O)c1ccc2c(C=O)c(-c3ccccc3)[nH]c2c1.O=C(C1CCCCC1)N1CCOCC1C1CC1. The fraction of sp³-hybridized carbons (Fsp3) is 0.448. The van der Waals surface area contributed by atoms with Crippen molar-refractivity contribution in [3.8, 4) is 11.3 Å². The van der Waals surface area contributed by atoms with Crippen molar-refractivity contribution in [1.82, 2.24) is 9.88 Å². The van der Waals surface area contributed by atoms with Crippen molar-refractivity contribution < 1.29 is 22.7 Å². The number of sulfonamides is 1. The van der Waals surface area contributed by atoms with Crippen LogP contribution in [0.15, 0.2) is 53.4 Å². The molecule has 6 rings (SSSR count). The predicted octanol–water partition coefficient (Wildman–Crippen LogP) is 4.50. The summed E-state index contributed by atoms with van der Waals surface area (Å²) in [6, 6.07) is 14.2. The molecule has 2 heterocycles. The van der Waals surface area contributed by atoms with Crippen LogP contribution in [0.1, 0.15) is 55.3 Å². The van der Waals surface area contributed by atoms with Gasteiger partial charge in [-0.25, -0.2) is 13.6 Å². The minimum atomic E-state index is -3.78. The number of benzene rings is 2. The lowest BCUT2D eigenvalue weighted by molar-refractivity contribution is -0.146. The summed E-state index contributed by atoms with van der Waals surface area (Å²) >= 11 is 0. The predicted molar refractivity (Wildman–Crippen MR) is 146 cm³/mol. The number of aldehydes is 1. The standard InChI is InChI=1S/C15H12N2O3S.C14H23NO2/c16-21(19,20)11-6-7-12-13(9-18)15(17-14(12)8-11)10-4-2-1-3-5-10;16-14(12-4-2-1-3-5-12)15-8-9-17-10-13(15)11-6-7-11/h1-9,17H,(H2,16,19,20);11-13H,1-10H2. The molecule has 1 unspecified atom stereocenters. The van der Waals surface area contributed by atoms with Crippen LogP contribution in [-0.2, 0) is 19.6 Å². The van der Waals surface area contributed by atoms with E-state index in [2.05, 4.69) is 9.88 Å². The molecule has 0 bridgehead atoms. The average Bonchev–Trinajstić information content (AvgIpc) is 3.73. The molecule has 9 heteroatoms. The van der Waals surface area contributed by atoms with E-state index in [1.54, 1.807) is 6.07 Å². The zero-order valence-electron chi connectivity index (χ0n) is 21.5. The lowest BCUT2D eigenvalue weighted by atomic mass is 9.87. The highest BCUT2D eigenvalue weighted by molar-refractivity contribution is 7.89. The van der Waals surface area contributed by atoms with Crippen LogP contribution >= 0.6 is 0 Å². The third-order valence-electron chi connectivity index (χ3n) is 7.89. The third kappa shape index (κ3) is 5.85. The van der Waals surface area contributed by atoms with Crippen LogP contribution in [0.2, 0.25) is 0 Å². The maximum Gasteiger partial charge on any atom is 0.238 e. The van der Waals surface area contributed by atoms with Gasteiger partial charge in [-0.05, 0) is 49.3 Å². The van der Waals surface area contributed by atoms with Crippen LogP contribution in [-0.4, -0.2) is 56.3 Å². The van der Waals surface area contributed by atoms with Crippen LogP contribution < -0.4 is 5.14 Å². The number of nitrogens with one attached hydrogen (secondary N) is 1. The Morgan fingerprint density at radius 3 is 2.42 bits per heavy atom. The van der Waals surface area contributed by atoms with E-state index in [1.165, 1.54) is 44.2 Å². The number of morpholine rings is 1. The maximum atomic E-state index is 12.6. The highest BCUT2D eigenvalue weighted by Gasteiger charge is 2.40. The first-order chi connectivity index (χ1) is 18.4. The molecule has 2 aromatic carbocycles. The molecule has 3 aliphatic rings. The largest absolute Gasteiger partial charge is 0.377 e. The van der Waals surface area contributed by atoms with Gasteiger partial charge in [-0.15, -0.1) is 0 Å². The Morgan fingerprint density at radius 2 is 1.76 bits per heavy atom. The number of primary sulfonamides is 1. The molecule has 8 nitrogen and oxygen atoms in total. The Kier molecular flexibility index (Phi) is 7.97. The summed E-state index contributed by atoms with van der Waals surface area (Å²) in [5.74, 6) is 1.50. The van der Waals surface area contributed by atoms with Gasteiger partial charge < -0.3 is 14.6 Å². The number of nitrogens with two attached hydrogens (primary N) is 1. The molecular weight excluding hydrogens is 502 g/mol. The Hall–Kier alpha value is -3.01. The van der Waals surface area contributed by atoms with Crippen molar-refractivity contribution in [3.63, 3.8) is 0 Å². The molecule has 3 aromatic rings. The lowest BCUT2D eigenvalue weighted by Gasteiger charge is -2.38. The lowest BCUT2D eigenvalue weighted by Crippen LogP contribution is -2.52. The van der Waals surface area contributed by atoms with E-state index >= 15 is 0 Å². The molecular formula is C29H35N3O5S. The number of carbonyl (C=O) groups is 2. The van der Waals surface area contributed by atoms with Crippen molar-refractivity contribution in [1.29, 1.82) is 0 Å². The number of nitrogens with zero attached hydrogens (tertiary/aromatic N) is 1. The van der Waals surface area contributed by atoms with Crippen LogP contribution in [0.5, 0.6) is 0 Å². The zero-order chi connectivity index (χ0) is 26.7. The van der Waals surface area contributed by atoms with E-state index in [0.29, 0.717) is 40.0 Å². The van der Waals surface area contributed by atoms with Gasteiger partial charge in [0, 0.05) is 28.9 Å². The third-order valence-corrected chi connectivity index (χ3v) is 8.80. The van der Waals surface area contributed by atoms with Gasteiger partial charge in [0.15, 0.2) is 6.29 Å². The molecule has 2 saturated carbocycles. The number of carbonyl (C=O) groups excluding carboxylic acids is 2. The molecule has 0 radical (unpaired) electrons. The number of fused-ring (bicyclic) bond motifs is 1. The number of H-pyrrole nitrogens is 1. The molecule has 0 spiro atoms. The van der Waals surface area contributed by atoms with E-state index in [1.807, 2.05) is 30.3 Å². The summed E-state index contributed by atoms with van der Waals surface area (Å²) in [5, 5.41) is 5.79. The summed E-state index contributed by atoms with van der Waals surface area (Å²) in [5.41, 5.74) is 2.57. The Balaban J connectivity index is 0.000000158. The number of rotatable bonds is 5. The van der Waals surface area contributed by atoms with Crippen LogP contribution in [0.25, 0.3) is 22.2 Å². The van der Waals surface area contributed by atoms with Crippen molar-refractivity contribution in [2.24, 2.45) is 17.0 Å². The summed E-state index contributed by atoms with van der Waals surface area (Å²) in [6.45, 7) is 2.35. The molecule has 1 atom stereocenters. The van der Waals surface area contributed by atoms with Gasteiger partial charge in [0.25, 0.3) is 0 Å². The minimum Gasteiger partial charge on any atom is -0.377 e. The maximum absolute atomic E-state index is 12.6. The fourth-order valence-corrected chi connectivity index (χ4v) is 6.22. The number of hydrogen-bond acceptors (Lipinski definition) is 5. The first-order valence-electron chi connectivity index (χ1n) is 13.4. The minimum absolute atomic E-state index is 0.00770. The van der Waals surface area contributed by atoms with Gasteiger partial charge in [-0.1, -0.05) is 55.7 Å². The quantitative estimate of drug-likeness (QED) is 0.464. The Bertz CT molecular complexity index is 1390.